The number of aliphatic hydroxyl groups excluding tert-OH is 2. The van der Waals surface area contributed by atoms with E-state index in [0.717, 1.165) is 32.5 Å². The van der Waals surface area contributed by atoms with E-state index in [0.29, 0.717) is 6.61 Å². The molecule has 116 valence electrons. The highest BCUT2D eigenvalue weighted by atomic mass is 16.5. The number of piperidine rings is 1. The first-order valence-corrected chi connectivity index (χ1v) is 7.80. The zero-order valence-corrected chi connectivity index (χ0v) is 12.4. The van der Waals surface area contributed by atoms with Gasteiger partial charge in [0.2, 0.25) is 5.72 Å². The molecule has 5 N–H and O–H groups in total. The molecule has 2 saturated heterocycles. The second kappa shape index (κ2) is 6.02. The highest BCUT2D eigenvalue weighted by molar-refractivity contribution is 5.13. The van der Waals surface area contributed by atoms with Crippen LogP contribution in [0.3, 0.4) is 0 Å². The smallest absolute Gasteiger partial charge is 0.211 e. The maximum Gasteiger partial charge on any atom is 0.211 e. The molecule has 2 heterocycles. The van der Waals surface area contributed by atoms with Gasteiger partial charge >= 0.3 is 0 Å². The van der Waals surface area contributed by atoms with Crippen molar-refractivity contribution in [3.05, 3.63) is 35.9 Å². The first-order valence-electron chi connectivity index (χ1n) is 7.80. The number of hydrogen-bond donors (Lipinski definition) is 4. The van der Waals surface area contributed by atoms with Crippen molar-refractivity contribution in [1.82, 2.24) is 0 Å². The van der Waals surface area contributed by atoms with E-state index < -0.39 is 5.54 Å². The van der Waals surface area contributed by atoms with Crippen LogP contribution in [0.15, 0.2) is 30.3 Å². The average molecular weight is 294 g/mol. The monoisotopic (exact) mass is 294 g/mol. The molecule has 1 aromatic carbocycles. The van der Waals surface area contributed by atoms with Gasteiger partial charge in [-0.25, -0.2) is 0 Å². The van der Waals surface area contributed by atoms with Crippen LogP contribution in [-0.4, -0.2) is 54.4 Å². The van der Waals surface area contributed by atoms with Crippen molar-refractivity contribution in [3.8, 4) is 0 Å². The van der Waals surface area contributed by atoms with Crippen molar-refractivity contribution >= 4 is 0 Å². The molecular formula is C16H26N2O3+2. The summed E-state index contributed by atoms with van der Waals surface area (Å²) < 4.78 is 5.99. The minimum absolute atomic E-state index is 0.0359. The van der Waals surface area contributed by atoms with Gasteiger partial charge in [0.05, 0.1) is 25.9 Å². The van der Waals surface area contributed by atoms with Crippen LogP contribution in [0.25, 0.3) is 0 Å². The molecule has 0 radical (unpaired) electrons. The lowest BCUT2D eigenvalue weighted by Gasteiger charge is -2.35. The van der Waals surface area contributed by atoms with Gasteiger partial charge in [0.15, 0.2) is 5.54 Å². The van der Waals surface area contributed by atoms with Crippen LogP contribution in [-0.2, 0) is 11.3 Å². The summed E-state index contributed by atoms with van der Waals surface area (Å²) in [5.74, 6) is 0. The van der Waals surface area contributed by atoms with Crippen LogP contribution in [0, 0.1) is 0 Å². The lowest BCUT2D eigenvalue weighted by molar-refractivity contribution is -0.935. The zero-order valence-electron chi connectivity index (χ0n) is 12.4. The Bertz CT molecular complexity index is 454. The molecule has 0 aromatic heterocycles. The molecule has 5 heteroatoms. The van der Waals surface area contributed by atoms with Crippen LogP contribution in [0.5, 0.6) is 0 Å². The third-order valence-corrected chi connectivity index (χ3v) is 4.95. The zero-order chi connectivity index (χ0) is 14.8. The fourth-order valence-corrected chi connectivity index (χ4v) is 3.54. The van der Waals surface area contributed by atoms with E-state index in [1.165, 1.54) is 5.56 Å². The number of nitrogens with one attached hydrogen (secondary N) is 1. The van der Waals surface area contributed by atoms with Gasteiger partial charge in [0, 0.05) is 5.56 Å². The average Bonchev–Trinajstić information content (AvgIpc) is 2.91. The van der Waals surface area contributed by atoms with Crippen LogP contribution in [0.4, 0.5) is 0 Å². The highest BCUT2D eigenvalue weighted by Gasteiger charge is 2.54. The minimum Gasteiger partial charge on any atom is -0.390 e. The SMILES string of the molecule is OCC1(CO)COC2(CC[NH+](Cc3ccccc3)CC2)[NH2+]1. The number of benzene rings is 1. The lowest BCUT2D eigenvalue weighted by Crippen LogP contribution is -3.16. The van der Waals surface area contributed by atoms with Crippen molar-refractivity contribution < 1.29 is 25.2 Å². The molecule has 2 aliphatic heterocycles. The second-order valence-electron chi connectivity index (χ2n) is 6.59. The van der Waals surface area contributed by atoms with Crippen molar-refractivity contribution in [1.29, 1.82) is 0 Å². The van der Waals surface area contributed by atoms with E-state index in [1.807, 2.05) is 0 Å². The number of ether oxygens (including phenoxy) is 1. The fourth-order valence-electron chi connectivity index (χ4n) is 3.54. The Balaban J connectivity index is 1.56. The molecule has 1 aromatic rings. The third-order valence-electron chi connectivity index (χ3n) is 4.95. The molecular weight excluding hydrogens is 268 g/mol. The summed E-state index contributed by atoms with van der Waals surface area (Å²) in [6.45, 7) is 3.56. The Morgan fingerprint density at radius 1 is 1.10 bits per heavy atom. The van der Waals surface area contributed by atoms with E-state index in [-0.39, 0.29) is 18.9 Å². The van der Waals surface area contributed by atoms with Gasteiger partial charge in [-0.15, -0.1) is 0 Å². The Kier molecular flexibility index (Phi) is 4.28. The largest absolute Gasteiger partial charge is 0.390 e. The molecule has 0 bridgehead atoms. The predicted molar refractivity (Wildman–Crippen MR) is 77.6 cm³/mol. The molecule has 0 unspecified atom stereocenters. The number of nitrogens with two attached hydrogens (primary N) is 1. The fraction of sp³-hybridized carbons (Fsp3) is 0.625. The van der Waals surface area contributed by atoms with E-state index in [1.54, 1.807) is 4.90 Å². The molecule has 0 atom stereocenters. The van der Waals surface area contributed by atoms with E-state index in [9.17, 15) is 10.2 Å². The standard InChI is InChI=1S/C16H24N2O3/c19-11-15(12-20)13-21-16(17-15)6-8-18(9-7-16)10-14-4-2-1-3-5-14/h1-5,17,19-20H,6-13H2/p+2. The predicted octanol–water partition coefficient (Wildman–Crippen LogP) is -2.12. The molecule has 2 aliphatic rings. The normalized spacial score (nSPS) is 31.6. The van der Waals surface area contributed by atoms with Gasteiger partial charge in [-0.05, 0) is 0 Å². The van der Waals surface area contributed by atoms with Crippen molar-refractivity contribution in [2.24, 2.45) is 0 Å². The van der Waals surface area contributed by atoms with Crippen LogP contribution >= 0.6 is 0 Å². The van der Waals surface area contributed by atoms with Crippen molar-refractivity contribution in [2.45, 2.75) is 30.7 Å². The Morgan fingerprint density at radius 2 is 1.76 bits per heavy atom. The lowest BCUT2D eigenvalue weighted by atomic mass is 9.97. The number of rotatable bonds is 4. The van der Waals surface area contributed by atoms with Crippen molar-refractivity contribution in [3.63, 3.8) is 0 Å². The van der Waals surface area contributed by atoms with Crippen LogP contribution in [0.2, 0.25) is 0 Å². The van der Waals surface area contributed by atoms with Gasteiger partial charge in [-0.3, -0.25) is 0 Å². The first kappa shape index (κ1) is 14.9. The highest BCUT2D eigenvalue weighted by Crippen LogP contribution is 2.22. The van der Waals surface area contributed by atoms with Crippen molar-refractivity contribution in [2.75, 3.05) is 32.9 Å². The summed E-state index contributed by atoms with van der Waals surface area (Å²) in [5.41, 5.74) is 0.600. The van der Waals surface area contributed by atoms with E-state index in [4.69, 9.17) is 4.74 Å². The Hall–Kier alpha value is -0.980. The number of likely N-dealkylation sites (tertiary alicyclic amines) is 1. The van der Waals surface area contributed by atoms with Gasteiger partial charge < -0.3 is 25.2 Å². The summed E-state index contributed by atoms with van der Waals surface area (Å²) >= 11 is 0. The number of aliphatic hydroxyl groups is 2. The maximum absolute atomic E-state index is 9.50. The van der Waals surface area contributed by atoms with Crippen LogP contribution < -0.4 is 10.2 Å². The minimum atomic E-state index is -0.545. The summed E-state index contributed by atoms with van der Waals surface area (Å²) in [6.07, 6.45) is 1.94. The molecule has 0 saturated carbocycles. The summed E-state index contributed by atoms with van der Waals surface area (Å²) in [6, 6.07) is 10.6. The summed E-state index contributed by atoms with van der Waals surface area (Å²) in [7, 11) is 0. The third kappa shape index (κ3) is 3.12. The summed E-state index contributed by atoms with van der Waals surface area (Å²) in [5, 5.41) is 21.1. The van der Waals surface area contributed by atoms with Gasteiger partial charge in [0.25, 0.3) is 0 Å². The molecule has 0 amide bonds. The van der Waals surface area contributed by atoms with Gasteiger partial charge in [-0.2, -0.15) is 0 Å². The van der Waals surface area contributed by atoms with E-state index in [2.05, 4.69) is 35.6 Å². The quantitative estimate of drug-likeness (QED) is 0.513. The number of hydrogen-bond acceptors (Lipinski definition) is 3. The second-order valence-corrected chi connectivity index (χ2v) is 6.59. The Morgan fingerprint density at radius 3 is 2.33 bits per heavy atom. The number of quaternary nitrogens is 2. The van der Waals surface area contributed by atoms with Gasteiger partial charge in [0.1, 0.15) is 26.4 Å². The topological polar surface area (TPSA) is 70.7 Å². The van der Waals surface area contributed by atoms with Gasteiger partial charge in [-0.1, -0.05) is 30.3 Å². The molecule has 0 aliphatic carbocycles. The molecule has 2 fully saturated rings. The van der Waals surface area contributed by atoms with Crippen LogP contribution in [0.1, 0.15) is 18.4 Å². The molecule has 3 rings (SSSR count). The molecule has 1 spiro atoms. The maximum atomic E-state index is 9.50. The molecule has 21 heavy (non-hydrogen) atoms. The van der Waals surface area contributed by atoms with E-state index >= 15 is 0 Å². The summed E-state index contributed by atoms with van der Waals surface area (Å²) in [4.78, 5) is 1.58. The Labute approximate surface area is 125 Å². The first-order chi connectivity index (χ1) is 10.2. The molecule has 5 nitrogen and oxygen atoms in total.